The highest BCUT2D eigenvalue weighted by atomic mass is 35.5. The lowest BCUT2D eigenvalue weighted by Gasteiger charge is -2.06. The lowest BCUT2D eigenvalue weighted by atomic mass is 10.1. The average Bonchev–Trinajstić information content (AvgIpc) is 2.73. The Hall–Kier alpha value is -1.98. The number of carbonyl (C=O) groups is 1. The second kappa shape index (κ2) is 6.65. The Labute approximate surface area is 127 Å². The minimum atomic E-state index is -1.02. The van der Waals surface area contributed by atoms with Gasteiger partial charge in [0.05, 0.1) is 19.2 Å². The van der Waals surface area contributed by atoms with Gasteiger partial charge in [-0.15, -0.1) is 0 Å². The van der Waals surface area contributed by atoms with E-state index in [0.29, 0.717) is 29.6 Å². The minimum Gasteiger partial charge on any atom is -0.497 e. The first kappa shape index (κ1) is 15.4. The van der Waals surface area contributed by atoms with Crippen molar-refractivity contribution in [1.29, 1.82) is 0 Å². The van der Waals surface area contributed by atoms with Crippen molar-refractivity contribution in [1.82, 2.24) is 4.57 Å². The molecule has 1 N–H and O–H groups in total. The fraction of sp³-hybridized carbons (Fsp3) is 0.267. The van der Waals surface area contributed by atoms with Crippen LogP contribution in [0, 0.1) is 0 Å². The van der Waals surface area contributed by atoms with Crippen LogP contribution < -0.4 is 4.74 Å². The van der Waals surface area contributed by atoms with Gasteiger partial charge in [0, 0.05) is 30.7 Å². The molecule has 6 heteroatoms. The molecule has 1 aromatic carbocycles. The molecule has 1 heterocycles. The Morgan fingerprint density at radius 1 is 1.43 bits per heavy atom. The number of rotatable bonds is 6. The van der Waals surface area contributed by atoms with Crippen LogP contribution in [0.4, 0.5) is 0 Å². The molecule has 1 aromatic heterocycles. The predicted octanol–water partition coefficient (Wildman–Crippen LogP) is 3.05. The zero-order valence-corrected chi connectivity index (χ0v) is 12.6. The van der Waals surface area contributed by atoms with E-state index in [1.807, 2.05) is 22.8 Å². The zero-order valence-electron chi connectivity index (χ0n) is 11.8. The van der Waals surface area contributed by atoms with Crippen molar-refractivity contribution in [2.75, 3.05) is 20.8 Å². The van der Waals surface area contributed by atoms with Gasteiger partial charge in [0.15, 0.2) is 0 Å². The summed E-state index contributed by atoms with van der Waals surface area (Å²) in [5.74, 6) is -0.334. The molecule has 0 spiro atoms. The Morgan fingerprint density at radius 2 is 2.19 bits per heavy atom. The third-order valence-corrected chi connectivity index (χ3v) is 3.56. The molecule has 0 fully saturated rings. The quantitative estimate of drug-likeness (QED) is 0.833. The molecule has 0 saturated carbocycles. The normalized spacial score (nSPS) is 11.4. The third-order valence-electron chi connectivity index (χ3n) is 3.16. The van der Waals surface area contributed by atoms with Gasteiger partial charge >= 0.3 is 5.97 Å². The second-order valence-corrected chi connectivity index (χ2v) is 4.76. The summed E-state index contributed by atoms with van der Waals surface area (Å²) in [6.45, 7) is 1.09. The molecule has 21 heavy (non-hydrogen) atoms. The van der Waals surface area contributed by atoms with E-state index in [9.17, 15) is 4.79 Å². The van der Waals surface area contributed by atoms with Crippen molar-refractivity contribution in [2.24, 2.45) is 0 Å². The van der Waals surface area contributed by atoms with E-state index < -0.39 is 5.97 Å². The summed E-state index contributed by atoms with van der Waals surface area (Å²) in [6, 6.07) is 5.58. The predicted molar refractivity (Wildman–Crippen MR) is 82.0 cm³/mol. The van der Waals surface area contributed by atoms with E-state index in [4.69, 9.17) is 26.2 Å². The third kappa shape index (κ3) is 3.20. The number of halogens is 1. The fourth-order valence-corrected chi connectivity index (χ4v) is 2.51. The molecule has 0 aliphatic rings. The monoisotopic (exact) mass is 309 g/mol. The molecule has 2 rings (SSSR count). The van der Waals surface area contributed by atoms with E-state index in [1.165, 1.54) is 6.08 Å². The highest BCUT2D eigenvalue weighted by Crippen LogP contribution is 2.33. The fourth-order valence-electron chi connectivity index (χ4n) is 2.17. The molecule has 112 valence electrons. The number of ether oxygens (including phenoxy) is 2. The van der Waals surface area contributed by atoms with Crippen LogP contribution in [0.15, 0.2) is 24.3 Å². The van der Waals surface area contributed by atoms with Crippen LogP contribution in [0.5, 0.6) is 5.75 Å². The van der Waals surface area contributed by atoms with Gasteiger partial charge in [0.1, 0.15) is 10.9 Å². The van der Waals surface area contributed by atoms with Crippen molar-refractivity contribution in [2.45, 2.75) is 6.54 Å². The Bertz CT molecular complexity index is 691. The topological polar surface area (TPSA) is 60.7 Å². The molecular weight excluding hydrogens is 294 g/mol. The van der Waals surface area contributed by atoms with Crippen LogP contribution in [0.1, 0.15) is 5.56 Å². The summed E-state index contributed by atoms with van der Waals surface area (Å²) in [4.78, 5) is 10.7. The summed E-state index contributed by atoms with van der Waals surface area (Å²) in [7, 11) is 3.20. The Balaban J connectivity index is 2.63. The average molecular weight is 310 g/mol. The number of aliphatic carboxylic acids is 1. The maximum absolute atomic E-state index is 10.7. The first-order valence-corrected chi connectivity index (χ1v) is 6.72. The zero-order chi connectivity index (χ0) is 15.4. The van der Waals surface area contributed by atoms with Gasteiger partial charge in [0.25, 0.3) is 0 Å². The maximum atomic E-state index is 10.7. The Morgan fingerprint density at radius 3 is 2.81 bits per heavy atom. The molecular formula is C15H16ClNO4. The summed E-state index contributed by atoms with van der Waals surface area (Å²) in [5.41, 5.74) is 1.56. The van der Waals surface area contributed by atoms with E-state index in [0.717, 1.165) is 17.0 Å². The standard InChI is InChI=1S/C15H16ClNO4/c1-20-8-7-17-13-5-3-10(21-2)9-12(13)11(15(17)16)4-6-14(18)19/h3-6,9H,7-8H2,1-2H3,(H,18,19)/b6-4+. The molecule has 2 aromatic rings. The highest BCUT2D eigenvalue weighted by molar-refractivity contribution is 6.33. The van der Waals surface area contributed by atoms with Gasteiger partial charge in [-0.1, -0.05) is 11.6 Å². The number of hydrogen-bond donors (Lipinski definition) is 1. The molecule has 0 unspecified atom stereocenters. The van der Waals surface area contributed by atoms with E-state index in [1.54, 1.807) is 14.2 Å². The van der Waals surface area contributed by atoms with Crippen LogP contribution in [0.25, 0.3) is 17.0 Å². The summed E-state index contributed by atoms with van der Waals surface area (Å²) < 4.78 is 12.2. The SMILES string of the molecule is COCCn1c(Cl)c(/C=C/C(=O)O)c2cc(OC)ccc21. The van der Waals surface area contributed by atoms with Gasteiger partial charge in [-0.25, -0.2) is 4.79 Å². The van der Waals surface area contributed by atoms with E-state index in [-0.39, 0.29) is 0 Å². The first-order valence-electron chi connectivity index (χ1n) is 6.34. The van der Waals surface area contributed by atoms with Crippen LogP contribution in [0.2, 0.25) is 5.15 Å². The Kier molecular flexibility index (Phi) is 4.88. The molecule has 5 nitrogen and oxygen atoms in total. The van der Waals surface area contributed by atoms with Gasteiger partial charge in [-0.2, -0.15) is 0 Å². The number of methoxy groups -OCH3 is 2. The van der Waals surface area contributed by atoms with Crippen molar-refractivity contribution in [3.63, 3.8) is 0 Å². The number of fused-ring (bicyclic) bond motifs is 1. The number of carboxylic acids is 1. The number of hydrogen-bond acceptors (Lipinski definition) is 3. The molecule has 0 aliphatic heterocycles. The summed E-state index contributed by atoms with van der Waals surface area (Å²) >= 11 is 6.39. The van der Waals surface area contributed by atoms with Crippen molar-refractivity contribution < 1.29 is 19.4 Å². The second-order valence-electron chi connectivity index (χ2n) is 4.40. The molecule has 0 aliphatic carbocycles. The van der Waals surface area contributed by atoms with E-state index in [2.05, 4.69) is 0 Å². The number of benzene rings is 1. The first-order chi connectivity index (χ1) is 10.1. The van der Waals surface area contributed by atoms with Gasteiger partial charge in [-0.3, -0.25) is 0 Å². The number of nitrogens with zero attached hydrogens (tertiary/aromatic N) is 1. The van der Waals surface area contributed by atoms with Gasteiger partial charge in [-0.05, 0) is 24.3 Å². The van der Waals surface area contributed by atoms with Gasteiger partial charge in [0.2, 0.25) is 0 Å². The van der Waals surface area contributed by atoms with Crippen molar-refractivity contribution in [3.8, 4) is 5.75 Å². The smallest absolute Gasteiger partial charge is 0.328 e. The van der Waals surface area contributed by atoms with E-state index >= 15 is 0 Å². The number of carboxylic acid groups (broad SMARTS) is 1. The van der Waals surface area contributed by atoms with Crippen LogP contribution in [0.3, 0.4) is 0 Å². The summed E-state index contributed by atoms with van der Waals surface area (Å²) in [5, 5.41) is 10.1. The minimum absolute atomic E-state index is 0.479. The molecule has 0 amide bonds. The van der Waals surface area contributed by atoms with Crippen LogP contribution in [-0.4, -0.2) is 36.5 Å². The molecule has 0 bridgehead atoms. The molecule has 0 atom stereocenters. The van der Waals surface area contributed by atoms with Crippen molar-refractivity contribution >= 4 is 34.5 Å². The molecule has 0 radical (unpaired) electrons. The summed E-state index contributed by atoms with van der Waals surface area (Å²) in [6.07, 6.45) is 2.57. The number of aromatic nitrogens is 1. The maximum Gasteiger partial charge on any atom is 0.328 e. The van der Waals surface area contributed by atoms with Crippen molar-refractivity contribution in [3.05, 3.63) is 35.0 Å². The van der Waals surface area contributed by atoms with Gasteiger partial charge < -0.3 is 19.1 Å². The lowest BCUT2D eigenvalue weighted by Crippen LogP contribution is -2.03. The van der Waals surface area contributed by atoms with Crippen LogP contribution in [-0.2, 0) is 16.1 Å². The lowest BCUT2D eigenvalue weighted by molar-refractivity contribution is -0.131. The highest BCUT2D eigenvalue weighted by Gasteiger charge is 2.14. The molecule has 0 saturated heterocycles. The van der Waals surface area contributed by atoms with Crippen LogP contribution >= 0.6 is 11.6 Å². The largest absolute Gasteiger partial charge is 0.497 e.